The zero-order chi connectivity index (χ0) is 15.5. The maximum absolute atomic E-state index is 12.0. The Kier molecular flexibility index (Phi) is 4.39. The van der Waals surface area contributed by atoms with Crippen molar-refractivity contribution >= 4 is 12.0 Å². The van der Waals surface area contributed by atoms with Gasteiger partial charge in [0.1, 0.15) is 18.0 Å². The molecule has 1 atom stereocenters. The number of ether oxygens (including phenoxy) is 1. The average molecular weight is 296 g/mol. The fraction of sp³-hybridized carbons (Fsp3) is 0.750. The molecule has 0 aliphatic carbocycles. The fourth-order valence-corrected chi connectivity index (χ4v) is 1.89. The minimum absolute atomic E-state index is 0.180. The lowest BCUT2D eigenvalue weighted by atomic mass is 10.0. The third-order valence-electron chi connectivity index (χ3n) is 2.98. The van der Waals surface area contributed by atoms with Crippen LogP contribution in [0.25, 0.3) is 0 Å². The number of amides is 2. The van der Waals surface area contributed by atoms with Gasteiger partial charge < -0.3 is 10.1 Å². The number of aromatic nitrogens is 4. The van der Waals surface area contributed by atoms with Crippen LogP contribution in [0.4, 0.5) is 4.79 Å². The summed E-state index contributed by atoms with van der Waals surface area (Å²) in [6, 6.07) is -0.450. The number of hydrogen-bond acceptors (Lipinski definition) is 6. The fourth-order valence-electron chi connectivity index (χ4n) is 1.89. The van der Waals surface area contributed by atoms with E-state index >= 15 is 0 Å². The van der Waals surface area contributed by atoms with Gasteiger partial charge in [0.25, 0.3) is 0 Å². The molecule has 1 aromatic rings. The second-order valence-corrected chi connectivity index (χ2v) is 5.84. The molecule has 2 heterocycles. The quantitative estimate of drug-likeness (QED) is 0.825. The first-order chi connectivity index (χ1) is 9.87. The molecule has 2 amide bonds. The van der Waals surface area contributed by atoms with Gasteiger partial charge in [0, 0.05) is 13.1 Å². The highest BCUT2D eigenvalue weighted by Crippen LogP contribution is 2.21. The summed E-state index contributed by atoms with van der Waals surface area (Å²) >= 11 is 0. The summed E-state index contributed by atoms with van der Waals surface area (Å²) in [5.74, 6) is -0.180. The van der Waals surface area contributed by atoms with Crippen molar-refractivity contribution in [2.45, 2.75) is 45.4 Å². The van der Waals surface area contributed by atoms with Crippen molar-refractivity contribution in [1.82, 2.24) is 30.4 Å². The molecular weight excluding hydrogens is 276 g/mol. The number of tetrazole rings is 1. The highest BCUT2D eigenvalue weighted by atomic mass is 16.6. The Bertz CT molecular complexity index is 496. The van der Waals surface area contributed by atoms with E-state index in [4.69, 9.17) is 4.74 Å². The molecule has 0 spiro atoms. The van der Waals surface area contributed by atoms with Crippen LogP contribution in [-0.2, 0) is 16.1 Å². The van der Waals surface area contributed by atoms with E-state index in [1.807, 2.05) is 0 Å². The predicted molar refractivity (Wildman–Crippen MR) is 72.2 cm³/mol. The molecule has 1 aromatic heterocycles. The lowest BCUT2D eigenvalue weighted by Crippen LogP contribution is -2.59. The highest BCUT2D eigenvalue weighted by molar-refractivity contribution is 5.87. The highest BCUT2D eigenvalue weighted by Gasteiger charge is 2.39. The molecule has 0 radical (unpaired) electrons. The van der Waals surface area contributed by atoms with Crippen LogP contribution in [0.15, 0.2) is 6.33 Å². The van der Waals surface area contributed by atoms with Crippen LogP contribution in [-0.4, -0.2) is 61.8 Å². The van der Waals surface area contributed by atoms with Gasteiger partial charge in [-0.3, -0.25) is 9.69 Å². The third kappa shape index (κ3) is 4.14. The topological polar surface area (TPSA) is 102 Å². The molecule has 1 aliphatic rings. The Balaban J connectivity index is 1.76. The second kappa shape index (κ2) is 6.06. The van der Waals surface area contributed by atoms with Crippen LogP contribution in [0.3, 0.4) is 0 Å². The molecule has 21 heavy (non-hydrogen) atoms. The number of nitrogens with zero attached hydrogens (tertiary/aromatic N) is 5. The molecule has 0 bridgehead atoms. The first-order valence-electron chi connectivity index (χ1n) is 6.85. The molecule has 116 valence electrons. The SMILES string of the molecule is CC(C)(C)OC(=O)N1CC[C@@H]1C(=O)NCCn1cnnn1. The van der Waals surface area contributed by atoms with Gasteiger partial charge in [-0.1, -0.05) is 0 Å². The number of likely N-dealkylation sites (tertiary alicyclic amines) is 1. The first kappa shape index (κ1) is 15.2. The number of carbonyl (C=O) groups excluding carboxylic acids is 2. The predicted octanol–water partition coefficient (Wildman–Crippen LogP) is -0.201. The maximum atomic E-state index is 12.0. The molecule has 0 unspecified atom stereocenters. The molecule has 9 heteroatoms. The zero-order valence-corrected chi connectivity index (χ0v) is 12.4. The van der Waals surface area contributed by atoms with Crippen molar-refractivity contribution in [3.05, 3.63) is 6.33 Å². The molecule has 1 aliphatic heterocycles. The molecule has 0 aromatic carbocycles. The zero-order valence-electron chi connectivity index (χ0n) is 12.4. The van der Waals surface area contributed by atoms with E-state index < -0.39 is 17.7 Å². The van der Waals surface area contributed by atoms with Crippen LogP contribution < -0.4 is 5.32 Å². The van der Waals surface area contributed by atoms with Gasteiger partial charge in [-0.25, -0.2) is 9.48 Å². The van der Waals surface area contributed by atoms with Gasteiger partial charge in [0.15, 0.2) is 0 Å². The summed E-state index contributed by atoms with van der Waals surface area (Å²) in [7, 11) is 0. The number of nitrogens with one attached hydrogen (secondary N) is 1. The van der Waals surface area contributed by atoms with Gasteiger partial charge in [0.2, 0.25) is 5.91 Å². The monoisotopic (exact) mass is 296 g/mol. The van der Waals surface area contributed by atoms with Crippen LogP contribution in [0, 0.1) is 0 Å². The maximum Gasteiger partial charge on any atom is 0.410 e. The van der Waals surface area contributed by atoms with E-state index in [2.05, 4.69) is 20.8 Å². The van der Waals surface area contributed by atoms with E-state index in [1.54, 1.807) is 20.8 Å². The molecule has 9 nitrogen and oxygen atoms in total. The second-order valence-electron chi connectivity index (χ2n) is 5.84. The van der Waals surface area contributed by atoms with Crippen molar-refractivity contribution in [2.24, 2.45) is 0 Å². The van der Waals surface area contributed by atoms with Crippen LogP contribution in [0.2, 0.25) is 0 Å². The van der Waals surface area contributed by atoms with Gasteiger partial charge in [-0.15, -0.1) is 5.10 Å². The number of rotatable bonds is 4. The summed E-state index contributed by atoms with van der Waals surface area (Å²) < 4.78 is 6.78. The largest absolute Gasteiger partial charge is 0.444 e. The lowest BCUT2D eigenvalue weighted by Gasteiger charge is -2.40. The minimum atomic E-state index is -0.562. The molecular formula is C12H20N6O3. The standard InChI is InChI=1S/C12H20N6O3/c1-12(2,3)21-11(20)18-6-4-9(18)10(19)13-5-7-17-8-14-15-16-17/h8-9H,4-7H2,1-3H3,(H,13,19)/t9-/m1/s1. The van der Waals surface area contributed by atoms with E-state index in [0.29, 0.717) is 26.1 Å². The normalized spacial score (nSPS) is 18.0. The number of hydrogen-bond donors (Lipinski definition) is 1. The third-order valence-corrected chi connectivity index (χ3v) is 2.98. The molecule has 0 saturated carbocycles. The molecule has 1 fully saturated rings. The molecule has 1 N–H and O–H groups in total. The van der Waals surface area contributed by atoms with Gasteiger partial charge >= 0.3 is 6.09 Å². The van der Waals surface area contributed by atoms with Crippen molar-refractivity contribution < 1.29 is 14.3 Å². The summed E-state index contributed by atoms with van der Waals surface area (Å²) in [4.78, 5) is 25.4. The Morgan fingerprint density at radius 2 is 2.19 bits per heavy atom. The van der Waals surface area contributed by atoms with Gasteiger partial charge in [0.05, 0.1) is 6.54 Å². The van der Waals surface area contributed by atoms with E-state index in [1.165, 1.54) is 15.9 Å². The van der Waals surface area contributed by atoms with Crippen molar-refractivity contribution in [3.8, 4) is 0 Å². The van der Waals surface area contributed by atoms with Crippen molar-refractivity contribution in [2.75, 3.05) is 13.1 Å². The van der Waals surface area contributed by atoms with Crippen LogP contribution in [0.1, 0.15) is 27.2 Å². The Hall–Kier alpha value is -2.19. The Labute approximate surface area is 122 Å². The molecule has 2 rings (SSSR count). The van der Waals surface area contributed by atoms with Crippen molar-refractivity contribution in [3.63, 3.8) is 0 Å². The number of carbonyl (C=O) groups is 2. The van der Waals surface area contributed by atoms with E-state index in [9.17, 15) is 9.59 Å². The smallest absolute Gasteiger partial charge is 0.410 e. The van der Waals surface area contributed by atoms with Crippen molar-refractivity contribution in [1.29, 1.82) is 0 Å². The van der Waals surface area contributed by atoms with Crippen LogP contribution >= 0.6 is 0 Å². The summed E-state index contributed by atoms with van der Waals surface area (Å²) in [5, 5.41) is 13.5. The Morgan fingerprint density at radius 1 is 1.43 bits per heavy atom. The van der Waals surface area contributed by atoms with E-state index in [0.717, 1.165) is 0 Å². The summed E-state index contributed by atoms with van der Waals surface area (Å²) in [5.41, 5.74) is -0.562. The van der Waals surface area contributed by atoms with Gasteiger partial charge in [-0.2, -0.15) is 0 Å². The summed E-state index contributed by atoms with van der Waals surface area (Å²) in [6.07, 6.45) is 1.67. The Morgan fingerprint density at radius 3 is 2.71 bits per heavy atom. The van der Waals surface area contributed by atoms with E-state index in [-0.39, 0.29) is 5.91 Å². The molecule has 1 saturated heterocycles. The summed E-state index contributed by atoms with van der Waals surface area (Å²) in [6.45, 7) is 6.82. The first-order valence-corrected chi connectivity index (χ1v) is 6.85. The average Bonchev–Trinajstić information content (AvgIpc) is 2.77. The minimum Gasteiger partial charge on any atom is -0.444 e. The van der Waals surface area contributed by atoms with Crippen LogP contribution in [0.5, 0.6) is 0 Å². The van der Waals surface area contributed by atoms with Gasteiger partial charge in [-0.05, 0) is 37.6 Å². The lowest BCUT2D eigenvalue weighted by molar-refractivity contribution is -0.130.